The number of nitrogens with one attached hydrogen (secondary N) is 2. The first-order valence-corrected chi connectivity index (χ1v) is 7.58. The number of carboxylic acid groups (broad SMARTS) is 1. The molecule has 1 unspecified atom stereocenters. The van der Waals surface area contributed by atoms with Gasteiger partial charge >= 0.3 is 12.0 Å². The van der Waals surface area contributed by atoms with E-state index >= 15 is 0 Å². The van der Waals surface area contributed by atoms with Crippen LogP contribution in [0.25, 0.3) is 0 Å². The van der Waals surface area contributed by atoms with E-state index in [0.29, 0.717) is 23.6 Å². The van der Waals surface area contributed by atoms with Gasteiger partial charge in [-0.2, -0.15) is 0 Å². The van der Waals surface area contributed by atoms with Crippen molar-refractivity contribution in [3.8, 4) is 0 Å². The molecule has 7 heteroatoms. The van der Waals surface area contributed by atoms with Crippen molar-refractivity contribution in [2.75, 3.05) is 5.32 Å². The van der Waals surface area contributed by atoms with Gasteiger partial charge in [0.2, 0.25) is 0 Å². The highest BCUT2D eigenvalue weighted by Gasteiger charge is 2.10. The number of carbonyl (C=O) groups is 2. The zero-order chi connectivity index (χ0) is 15.1. The van der Waals surface area contributed by atoms with Crippen molar-refractivity contribution in [3.63, 3.8) is 0 Å². The summed E-state index contributed by atoms with van der Waals surface area (Å²) in [6.45, 7) is 1.84. The molecule has 0 fully saturated rings. The minimum Gasteiger partial charge on any atom is -0.481 e. The number of benzene rings is 1. The topological polar surface area (TPSA) is 78.4 Å². The summed E-state index contributed by atoms with van der Waals surface area (Å²) in [5.41, 5.74) is 0.685. The number of carboxylic acids is 1. The van der Waals surface area contributed by atoms with E-state index in [9.17, 15) is 9.59 Å². The molecule has 0 spiro atoms. The van der Waals surface area contributed by atoms with E-state index in [1.54, 1.807) is 18.2 Å². The molecule has 0 radical (unpaired) electrons. The fourth-order valence-corrected chi connectivity index (χ4v) is 2.61. The van der Waals surface area contributed by atoms with E-state index in [2.05, 4.69) is 33.2 Å². The normalized spacial score (nSPS) is 11.8. The Morgan fingerprint density at radius 3 is 2.75 bits per heavy atom. The van der Waals surface area contributed by atoms with Gasteiger partial charge in [0.25, 0.3) is 0 Å². The van der Waals surface area contributed by atoms with Crippen molar-refractivity contribution in [1.29, 1.82) is 0 Å². The Kier molecular flexibility index (Phi) is 7.08. The highest BCUT2D eigenvalue weighted by Crippen LogP contribution is 2.22. The molecule has 0 saturated heterocycles. The quantitative estimate of drug-likeness (QED) is 0.626. The summed E-state index contributed by atoms with van der Waals surface area (Å²) in [7, 11) is 0. The lowest BCUT2D eigenvalue weighted by molar-refractivity contribution is -0.137. The van der Waals surface area contributed by atoms with E-state index in [0.717, 1.165) is 3.57 Å². The molecule has 1 aromatic carbocycles. The Labute approximate surface area is 136 Å². The lowest BCUT2D eigenvalue weighted by Crippen LogP contribution is -2.36. The van der Waals surface area contributed by atoms with Crippen molar-refractivity contribution in [2.24, 2.45) is 0 Å². The molecule has 0 aliphatic heterocycles. The van der Waals surface area contributed by atoms with E-state index in [1.807, 2.05) is 6.92 Å². The Balaban J connectivity index is 2.41. The highest BCUT2D eigenvalue weighted by molar-refractivity contribution is 14.1. The fraction of sp³-hybridized carbons (Fsp3) is 0.385. The van der Waals surface area contributed by atoms with Crippen LogP contribution >= 0.6 is 34.2 Å². The molecular weight excluding hydrogens is 395 g/mol. The zero-order valence-corrected chi connectivity index (χ0v) is 13.9. The van der Waals surface area contributed by atoms with Crippen LogP contribution in [0, 0.1) is 3.57 Å². The number of urea groups is 1. The van der Waals surface area contributed by atoms with Crippen LogP contribution in [0.3, 0.4) is 0 Å². The molecule has 5 nitrogen and oxygen atoms in total. The third-order valence-corrected chi connectivity index (χ3v) is 3.71. The second kappa shape index (κ2) is 8.31. The molecule has 1 rings (SSSR count). The first kappa shape index (κ1) is 17.0. The summed E-state index contributed by atoms with van der Waals surface area (Å²) in [6.07, 6.45) is 1.27. The van der Waals surface area contributed by atoms with Crippen molar-refractivity contribution < 1.29 is 14.7 Å². The van der Waals surface area contributed by atoms with Gasteiger partial charge in [0.1, 0.15) is 0 Å². The summed E-state index contributed by atoms with van der Waals surface area (Å²) in [6, 6.07) is 4.80. The number of hydrogen-bond acceptors (Lipinski definition) is 2. The Morgan fingerprint density at radius 2 is 2.15 bits per heavy atom. The molecule has 1 atom stereocenters. The minimum absolute atomic E-state index is 0.0840. The monoisotopic (exact) mass is 410 g/mol. The van der Waals surface area contributed by atoms with Crippen molar-refractivity contribution in [2.45, 2.75) is 32.2 Å². The maximum Gasteiger partial charge on any atom is 0.319 e. The lowest BCUT2D eigenvalue weighted by atomic mass is 10.1. The van der Waals surface area contributed by atoms with Crippen molar-refractivity contribution in [1.82, 2.24) is 5.32 Å². The van der Waals surface area contributed by atoms with Crippen LogP contribution in [0.4, 0.5) is 10.5 Å². The molecule has 3 N–H and O–H groups in total. The van der Waals surface area contributed by atoms with Gasteiger partial charge in [-0.25, -0.2) is 4.79 Å². The second-order valence-electron chi connectivity index (χ2n) is 4.41. The second-order valence-corrected chi connectivity index (χ2v) is 6.01. The maximum absolute atomic E-state index is 11.8. The summed E-state index contributed by atoms with van der Waals surface area (Å²) in [5.74, 6) is -0.822. The molecule has 0 aliphatic rings. The zero-order valence-electron chi connectivity index (χ0n) is 11.0. The van der Waals surface area contributed by atoms with Crippen molar-refractivity contribution in [3.05, 3.63) is 26.8 Å². The number of anilines is 1. The van der Waals surface area contributed by atoms with Gasteiger partial charge in [-0.05, 0) is 60.6 Å². The van der Waals surface area contributed by atoms with E-state index in [1.165, 1.54) is 0 Å². The maximum atomic E-state index is 11.8. The Morgan fingerprint density at radius 1 is 1.45 bits per heavy atom. The largest absolute Gasteiger partial charge is 0.481 e. The van der Waals surface area contributed by atoms with Gasteiger partial charge in [0.05, 0.1) is 5.69 Å². The smallest absolute Gasteiger partial charge is 0.319 e. The van der Waals surface area contributed by atoms with E-state index in [4.69, 9.17) is 16.7 Å². The summed E-state index contributed by atoms with van der Waals surface area (Å²) in [5, 5.41) is 14.7. The van der Waals surface area contributed by atoms with Gasteiger partial charge in [-0.1, -0.05) is 11.6 Å². The third-order valence-electron chi connectivity index (χ3n) is 2.58. The van der Waals surface area contributed by atoms with Crippen LogP contribution in [0.2, 0.25) is 5.02 Å². The van der Waals surface area contributed by atoms with Crippen LogP contribution in [-0.2, 0) is 4.79 Å². The molecule has 0 heterocycles. The van der Waals surface area contributed by atoms with Crippen LogP contribution in [0.15, 0.2) is 18.2 Å². The number of rotatable bonds is 6. The first-order chi connectivity index (χ1) is 9.38. The summed E-state index contributed by atoms with van der Waals surface area (Å²) < 4.78 is 0.851. The Hall–Kier alpha value is -1.02. The number of carbonyl (C=O) groups excluding carboxylic acids is 1. The lowest BCUT2D eigenvalue weighted by Gasteiger charge is -2.15. The van der Waals surface area contributed by atoms with Gasteiger partial charge < -0.3 is 15.7 Å². The predicted molar refractivity (Wildman–Crippen MR) is 87.3 cm³/mol. The Bertz CT molecular complexity index is 497. The van der Waals surface area contributed by atoms with Crippen LogP contribution < -0.4 is 10.6 Å². The first-order valence-electron chi connectivity index (χ1n) is 6.13. The van der Waals surface area contributed by atoms with Crippen LogP contribution in [-0.4, -0.2) is 23.1 Å². The molecule has 1 aromatic rings. The molecule has 110 valence electrons. The number of amides is 2. The molecule has 0 bridgehead atoms. The SMILES string of the molecule is CC(CCCC(=O)O)NC(=O)Nc1ccc(Cl)cc1I. The van der Waals surface area contributed by atoms with Crippen LogP contribution in [0.5, 0.6) is 0 Å². The fourth-order valence-electron chi connectivity index (χ4n) is 1.60. The van der Waals surface area contributed by atoms with Gasteiger partial charge in [-0.3, -0.25) is 4.79 Å². The molecule has 0 aliphatic carbocycles. The average molecular weight is 411 g/mol. The molecule has 20 heavy (non-hydrogen) atoms. The van der Waals surface area contributed by atoms with Gasteiger partial charge in [0, 0.05) is 21.1 Å². The number of hydrogen-bond donors (Lipinski definition) is 3. The average Bonchev–Trinajstić information content (AvgIpc) is 2.32. The highest BCUT2D eigenvalue weighted by atomic mass is 127. The standard InChI is InChI=1S/C13H16ClIN2O3/c1-8(3-2-4-12(18)19)16-13(20)17-11-6-5-9(14)7-10(11)15/h5-8H,2-4H2,1H3,(H,18,19)(H2,16,17,20). The molecule has 0 aromatic heterocycles. The number of halogens is 2. The van der Waals surface area contributed by atoms with Gasteiger partial charge in [-0.15, -0.1) is 0 Å². The minimum atomic E-state index is -0.822. The summed E-state index contributed by atoms with van der Waals surface area (Å²) >= 11 is 7.93. The molecular formula is C13H16ClIN2O3. The summed E-state index contributed by atoms with van der Waals surface area (Å²) in [4.78, 5) is 22.2. The third kappa shape index (κ3) is 6.42. The van der Waals surface area contributed by atoms with Crippen molar-refractivity contribution >= 4 is 51.9 Å². The molecule has 0 saturated carbocycles. The van der Waals surface area contributed by atoms with E-state index in [-0.39, 0.29) is 18.5 Å². The van der Waals surface area contributed by atoms with Gasteiger partial charge in [0.15, 0.2) is 0 Å². The van der Waals surface area contributed by atoms with E-state index < -0.39 is 5.97 Å². The molecule has 2 amide bonds. The number of aliphatic carboxylic acids is 1. The van der Waals surface area contributed by atoms with Crippen LogP contribution in [0.1, 0.15) is 26.2 Å². The predicted octanol–water partition coefficient (Wildman–Crippen LogP) is 3.71.